The van der Waals surface area contributed by atoms with E-state index in [-0.39, 0.29) is 18.3 Å². The van der Waals surface area contributed by atoms with Crippen LogP contribution in [0.2, 0.25) is 0 Å². The number of amides is 1. The van der Waals surface area contributed by atoms with Crippen molar-refractivity contribution >= 4 is 35.5 Å². The second-order valence-electron chi connectivity index (χ2n) is 6.43. The molecule has 132 valence electrons. The van der Waals surface area contributed by atoms with Crippen LogP contribution in [0.25, 0.3) is 0 Å². The summed E-state index contributed by atoms with van der Waals surface area (Å²) in [5, 5.41) is 0. The van der Waals surface area contributed by atoms with E-state index < -0.39 is 0 Å². The lowest BCUT2D eigenvalue weighted by Gasteiger charge is -2.27. The van der Waals surface area contributed by atoms with E-state index in [1.165, 1.54) is 25.9 Å². The standard InChI is InChI=1S/C19H22N4O.ClH/c1-21-16-8-2-3-9-17(16)23(14-13-22-11-4-5-12-22)18-15(19(21)24)7-6-10-20-18;/h2-3,6-10H,4-5,11-14H2,1H3;1H. The number of halogens is 1. The molecule has 0 spiro atoms. The molecule has 0 saturated carbocycles. The van der Waals surface area contributed by atoms with E-state index in [2.05, 4.69) is 20.9 Å². The maximum atomic E-state index is 12.9. The average molecular weight is 359 g/mol. The molecule has 0 aliphatic carbocycles. The molecule has 1 saturated heterocycles. The first kappa shape index (κ1) is 17.7. The lowest BCUT2D eigenvalue weighted by atomic mass is 10.2. The molecule has 25 heavy (non-hydrogen) atoms. The van der Waals surface area contributed by atoms with Crippen LogP contribution in [0.4, 0.5) is 17.2 Å². The Balaban J connectivity index is 0.00000182. The average Bonchev–Trinajstić information content (AvgIpc) is 3.12. The molecule has 0 bridgehead atoms. The summed E-state index contributed by atoms with van der Waals surface area (Å²) in [6.45, 7) is 4.16. The van der Waals surface area contributed by atoms with Crippen LogP contribution in [-0.2, 0) is 0 Å². The van der Waals surface area contributed by atoms with Crippen molar-refractivity contribution in [2.45, 2.75) is 12.8 Å². The predicted molar refractivity (Wildman–Crippen MR) is 103 cm³/mol. The number of carbonyl (C=O) groups excluding carboxylic acids is 1. The Morgan fingerprint density at radius 3 is 2.48 bits per heavy atom. The third-order valence-electron chi connectivity index (χ3n) is 4.95. The van der Waals surface area contributed by atoms with Gasteiger partial charge in [-0.05, 0) is 50.2 Å². The minimum atomic E-state index is -0.00535. The third kappa shape index (κ3) is 3.22. The fraction of sp³-hybridized carbons (Fsp3) is 0.368. The Hall–Kier alpha value is -2.11. The number of hydrogen-bond donors (Lipinski definition) is 0. The SMILES string of the molecule is CN1C(=O)c2cccnc2N(CCN2CCCC2)c2ccccc21.Cl. The minimum absolute atomic E-state index is 0. The van der Waals surface area contributed by atoms with E-state index in [0.717, 1.165) is 30.3 Å². The first-order valence-electron chi connectivity index (χ1n) is 8.58. The maximum absolute atomic E-state index is 12.9. The van der Waals surface area contributed by atoms with E-state index in [1.807, 2.05) is 37.4 Å². The van der Waals surface area contributed by atoms with Gasteiger partial charge < -0.3 is 14.7 Å². The largest absolute Gasteiger partial charge is 0.323 e. The van der Waals surface area contributed by atoms with Gasteiger partial charge in [-0.15, -0.1) is 12.4 Å². The number of para-hydroxylation sites is 2. The molecule has 2 aromatic rings. The van der Waals surface area contributed by atoms with Gasteiger partial charge in [0.05, 0.1) is 16.9 Å². The van der Waals surface area contributed by atoms with E-state index in [4.69, 9.17) is 0 Å². The summed E-state index contributed by atoms with van der Waals surface area (Å²) in [5.41, 5.74) is 2.64. The number of benzene rings is 1. The lowest BCUT2D eigenvalue weighted by Crippen LogP contribution is -2.31. The van der Waals surface area contributed by atoms with Gasteiger partial charge in [0.2, 0.25) is 0 Å². The molecular formula is C19H23ClN4O. The summed E-state index contributed by atoms with van der Waals surface area (Å²) in [6.07, 6.45) is 4.34. The molecular weight excluding hydrogens is 336 g/mol. The van der Waals surface area contributed by atoms with Gasteiger partial charge in [-0.2, -0.15) is 0 Å². The summed E-state index contributed by atoms with van der Waals surface area (Å²) in [5.74, 6) is 0.757. The van der Waals surface area contributed by atoms with Gasteiger partial charge in [0, 0.05) is 26.3 Å². The molecule has 0 unspecified atom stereocenters. The molecule has 1 fully saturated rings. The van der Waals surface area contributed by atoms with Crippen LogP contribution in [0.1, 0.15) is 23.2 Å². The Morgan fingerprint density at radius 1 is 1.00 bits per heavy atom. The Morgan fingerprint density at radius 2 is 1.72 bits per heavy atom. The quantitative estimate of drug-likeness (QED) is 0.843. The zero-order valence-electron chi connectivity index (χ0n) is 14.4. The second-order valence-corrected chi connectivity index (χ2v) is 6.43. The number of fused-ring (bicyclic) bond motifs is 2. The number of likely N-dealkylation sites (tertiary alicyclic amines) is 1. The molecule has 0 N–H and O–H groups in total. The lowest BCUT2D eigenvalue weighted by molar-refractivity contribution is 0.0994. The highest BCUT2D eigenvalue weighted by molar-refractivity contribution is 6.12. The third-order valence-corrected chi connectivity index (χ3v) is 4.95. The van der Waals surface area contributed by atoms with E-state index >= 15 is 0 Å². The summed E-state index contributed by atoms with van der Waals surface area (Å²) < 4.78 is 0. The van der Waals surface area contributed by atoms with E-state index in [1.54, 1.807) is 11.1 Å². The van der Waals surface area contributed by atoms with Crippen LogP contribution in [-0.4, -0.2) is 49.0 Å². The number of rotatable bonds is 3. The molecule has 5 nitrogen and oxygen atoms in total. The van der Waals surface area contributed by atoms with Gasteiger partial charge in [-0.25, -0.2) is 4.98 Å². The smallest absolute Gasteiger partial charge is 0.261 e. The number of pyridine rings is 1. The number of anilines is 3. The molecule has 0 atom stereocenters. The van der Waals surface area contributed by atoms with E-state index in [0.29, 0.717) is 5.56 Å². The molecule has 2 aliphatic heterocycles. The first-order chi connectivity index (χ1) is 11.8. The van der Waals surface area contributed by atoms with Crippen molar-refractivity contribution in [2.24, 2.45) is 0 Å². The molecule has 1 amide bonds. The molecule has 4 rings (SSSR count). The van der Waals surface area contributed by atoms with Crippen LogP contribution in [0, 0.1) is 0 Å². The Bertz CT molecular complexity index is 761. The van der Waals surface area contributed by atoms with Gasteiger partial charge in [-0.3, -0.25) is 4.79 Å². The number of hydrogen-bond acceptors (Lipinski definition) is 4. The second kappa shape index (κ2) is 7.42. The molecule has 1 aromatic heterocycles. The van der Waals surface area contributed by atoms with Crippen LogP contribution in [0.3, 0.4) is 0 Å². The van der Waals surface area contributed by atoms with Gasteiger partial charge in [0.25, 0.3) is 5.91 Å². The van der Waals surface area contributed by atoms with Gasteiger partial charge in [-0.1, -0.05) is 12.1 Å². The number of carbonyl (C=O) groups is 1. The monoisotopic (exact) mass is 358 g/mol. The van der Waals surface area contributed by atoms with Crippen molar-refractivity contribution in [3.05, 3.63) is 48.2 Å². The molecule has 3 heterocycles. The highest BCUT2D eigenvalue weighted by atomic mass is 35.5. The molecule has 2 aliphatic rings. The van der Waals surface area contributed by atoms with Crippen LogP contribution in [0.15, 0.2) is 42.6 Å². The fourth-order valence-electron chi connectivity index (χ4n) is 3.63. The molecule has 6 heteroatoms. The van der Waals surface area contributed by atoms with Crippen LogP contribution >= 0.6 is 12.4 Å². The summed E-state index contributed by atoms with van der Waals surface area (Å²) in [7, 11) is 1.84. The van der Waals surface area contributed by atoms with Crippen LogP contribution in [0.5, 0.6) is 0 Å². The topological polar surface area (TPSA) is 39.7 Å². The number of nitrogens with zero attached hydrogens (tertiary/aromatic N) is 4. The Kier molecular flexibility index (Phi) is 5.25. The van der Waals surface area contributed by atoms with Crippen molar-refractivity contribution in [3.63, 3.8) is 0 Å². The minimum Gasteiger partial charge on any atom is -0.323 e. The van der Waals surface area contributed by atoms with Crippen LogP contribution < -0.4 is 9.80 Å². The molecule has 0 radical (unpaired) electrons. The first-order valence-corrected chi connectivity index (χ1v) is 8.58. The highest BCUT2D eigenvalue weighted by Gasteiger charge is 2.29. The summed E-state index contributed by atoms with van der Waals surface area (Å²) in [6, 6.07) is 11.8. The maximum Gasteiger partial charge on any atom is 0.261 e. The van der Waals surface area contributed by atoms with Gasteiger partial charge in [0.15, 0.2) is 0 Å². The van der Waals surface area contributed by atoms with Crippen molar-refractivity contribution in [3.8, 4) is 0 Å². The number of aromatic nitrogens is 1. The summed E-state index contributed by atoms with van der Waals surface area (Å²) in [4.78, 5) is 23.8. The van der Waals surface area contributed by atoms with Crippen molar-refractivity contribution in [1.82, 2.24) is 9.88 Å². The van der Waals surface area contributed by atoms with E-state index in [9.17, 15) is 4.79 Å². The van der Waals surface area contributed by atoms with Gasteiger partial charge >= 0.3 is 0 Å². The zero-order chi connectivity index (χ0) is 16.5. The highest BCUT2D eigenvalue weighted by Crippen LogP contribution is 2.38. The Labute approximate surface area is 154 Å². The normalized spacial score (nSPS) is 16.9. The van der Waals surface area contributed by atoms with Crippen molar-refractivity contribution in [1.29, 1.82) is 0 Å². The predicted octanol–water partition coefficient (Wildman–Crippen LogP) is 3.33. The van der Waals surface area contributed by atoms with Gasteiger partial charge in [0.1, 0.15) is 5.82 Å². The van der Waals surface area contributed by atoms with Crippen molar-refractivity contribution in [2.75, 3.05) is 43.0 Å². The molecule has 1 aromatic carbocycles. The summed E-state index contributed by atoms with van der Waals surface area (Å²) >= 11 is 0. The zero-order valence-corrected chi connectivity index (χ0v) is 15.2. The van der Waals surface area contributed by atoms with Crippen molar-refractivity contribution < 1.29 is 4.79 Å². The fourth-order valence-corrected chi connectivity index (χ4v) is 3.63.